The molecule has 0 spiro atoms. The number of rotatable bonds is 7. The van der Waals surface area contributed by atoms with Gasteiger partial charge < -0.3 is 14.8 Å². The van der Waals surface area contributed by atoms with E-state index >= 15 is 0 Å². The minimum absolute atomic E-state index is 0.168. The van der Waals surface area contributed by atoms with Crippen LogP contribution < -0.4 is 14.8 Å². The highest BCUT2D eigenvalue weighted by Gasteiger charge is 2.10. The van der Waals surface area contributed by atoms with Crippen molar-refractivity contribution < 1.29 is 14.3 Å². The minimum Gasteiger partial charge on any atom is -0.493 e. The van der Waals surface area contributed by atoms with Gasteiger partial charge in [0.25, 0.3) is 0 Å². The van der Waals surface area contributed by atoms with Gasteiger partial charge in [0, 0.05) is 24.4 Å². The number of amides is 1. The van der Waals surface area contributed by atoms with Gasteiger partial charge >= 0.3 is 0 Å². The Morgan fingerprint density at radius 2 is 2.00 bits per heavy atom. The number of methoxy groups -OCH3 is 1. The predicted molar refractivity (Wildman–Crippen MR) is 97.8 cm³/mol. The Bertz CT molecular complexity index is 765. The number of aromatic nitrogens is 2. The maximum Gasteiger partial charge on any atom is 0.244 e. The SMILES string of the molecule is COc1ccccc1O[C@H](C)CNC(=O)/C=C/c1c(C)nn(C)c1C. The Hall–Kier alpha value is -2.76. The zero-order valence-electron chi connectivity index (χ0n) is 15.4. The Balaban J connectivity index is 1.88. The smallest absolute Gasteiger partial charge is 0.244 e. The number of nitrogens with zero attached hydrogens (tertiary/aromatic N) is 2. The molecule has 25 heavy (non-hydrogen) atoms. The van der Waals surface area contributed by atoms with Crippen LogP contribution in [0, 0.1) is 13.8 Å². The van der Waals surface area contributed by atoms with Gasteiger partial charge in [-0.1, -0.05) is 12.1 Å². The van der Waals surface area contributed by atoms with E-state index in [1.165, 1.54) is 6.08 Å². The quantitative estimate of drug-likeness (QED) is 0.785. The highest BCUT2D eigenvalue weighted by Crippen LogP contribution is 2.26. The van der Waals surface area contributed by atoms with Gasteiger partial charge in [-0.05, 0) is 39.0 Å². The van der Waals surface area contributed by atoms with Crippen molar-refractivity contribution in [3.63, 3.8) is 0 Å². The summed E-state index contributed by atoms with van der Waals surface area (Å²) in [5.41, 5.74) is 2.89. The van der Waals surface area contributed by atoms with Gasteiger partial charge in [-0.15, -0.1) is 0 Å². The van der Waals surface area contributed by atoms with E-state index in [2.05, 4.69) is 10.4 Å². The van der Waals surface area contributed by atoms with Crippen LogP contribution in [0.4, 0.5) is 0 Å². The molecule has 0 bridgehead atoms. The zero-order chi connectivity index (χ0) is 18.4. The van der Waals surface area contributed by atoms with Crippen LogP contribution in [0.2, 0.25) is 0 Å². The molecule has 1 aromatic heterocycles. The van der Waals surface area contributed by atoms with Gasteiger partial charge in [0.2, 0.25) is 5.91 Å². The highest BCUT2D eigenvalue weighted by atomic mass is 16.5. The van der Waals surface area contributed by atoms with Crippen LogP contribution >= 0.6 is 0 Å². The largest absolute Gasteiger partial charge is 0.493 e. The number of aryl methyl sites for hydroxylation is 2. The van der Waals surface area contributed by atoms with Gasteiger partial charge in [0.05, 0.1) is 19.3 Å². The molecule has 1 atom stereocenters. The van der Waals surface area contributed by atoms with E-state index in [0.29, 0.717) is 18.0 Å². The molecular weight excluding hydrogens is 318 g/mol. The molecule has 0 fully saturated rings. The van der Waals surface area contributed by atoms with Crippen LogP contribution in [0.25, 0.3) is 6.08 Å². The van der Waals surface area contributed by atoms with E-state index in [9.17, 15) is 4.79 Å². The third-order valence-corrected chi connectivity index (χ3v) is 3.93. The summed E-state index contributed by atoms with van der Waals surface area (Å²) < 4.78 is 12.9. The summed E-state index contributed by atoms with van der Waals surface area (Å²) in [6.45, 7) is 6.19. The fraction of sp³-hybridized carbons (Fsp3) is 0.368. The lowest BCUT2D eigenvalue weighted by molar-refractivity contribution is -0.116. The van der Waals surface area contributed by atoms with E-state index in [1.807, 2.05) is 52.1 Å². The minimum atomic E-state index is -0.185. The molecule has 1 N–H and O–H groups in total. The molecule has 1 amide bonds. The number of ether oxygens (including phenoxy) is 2. The predicted octanol–water partition coefficient (Wildman–Crippen LogP) is 2.64. The molecule has 6 nitrogen and oxygen atoms in total. The molecular formula is C19H25N3O3. The average molecular weight is 343 g/mol. The van der Waals surface area contributed by atoms with Crippen molar-refractivity contribution in [2.45, 2.75) is 26.9 Å². The number of hydrogen-bond donors (Lipinski definition) is 1. The van der Waals surface area contributed by atoms with Gasteiger partial charge in [0.15, 0.2) is 11.5 Å². The first kappa shape index (κ1) is 18.6. The van der Waals surface area contributed by atoms with Gasteiger partial charge in [-0.3, -0.25) is 9.48 Å². The van der Waals surface area contributed by atoms with Crippen molar-refractivity contribution in [2.75, 3.05) is 13.7 Å². The van der Waals surface area contributed by atoms with Crippen molar-refractivity contribution in [2.24, 2.45) is 7.05 Å². The molecule has 134 valence electrons. The molecule has 2 rings (SSSR count). The van der Waals surface area contributed by atoms with E-state index in [1.54, 1.807) is 17.9 Å². The Morgan fingerprint density at radius 3 is 2.60 bits per heavy atom. The van der Waals surface area contributed by atoms with Crippen molar-refractivity contribution in [1.82, 2.24) is 15.1 Å². The average Bonchev–Trinajstić information content (AvgIpc) is 2.84. The second-order valence-electron chi connectivity index (χ2n) is 5.87. The number of para-hydroxylation sites is 2. The second-order valence-corrected chi connectivity index (χ2v) is 5.87. The summed E-state index contributed by atoms with van der Waals surface area (Å²) in [5.74, 6) is 1.16. The van der Waals surface area contributed by atoms with Crippen molar-refractivity contribution in [3.8, 4) is 11.5 Å². The van der Waals surface area contributed by atoms with Gasteiger partial charge in [-0.2, -0.15) is 5.10 Å². The fourth-order valence-corrected chi connectivity index (χ4v) is 2.47. The molecule has 0 saturated carbocycles. The van der Waals surface area contributed by atoms with E-state index in [0.717, 1.165) is 17.0 Å². The molecule has 0 aliphatic carbocycles. The lowest BCUT2D eigenvalue weighted by Gasteiger charge is -2.16. The third-order valence-electron chi connectivity index (χ3n) is 3.93. The van der Waals surface area contributed by atoms with Crippen molar-refractivity contribution in [1.29, 1.82) is 0 Å². The lowest BCUT2D eigenvalue weighted by Crippen LogP contribution is -2.32. The van der Waals surface area contributed by atoms with E-state index in [-0.39, 0.29) is 12.0 Å². The maximum absolute atomic E-state index is 12.0. The van der Waals surface area contributed by atoms with Crippen molar-refractivity contribution in [3.05, 3.63) is 47.3 Å². The topological polar surface area (TPSA) is 65.4 Å². The third kappa shape index (κ3) is 4.86. The van der Waals surface area contributed by atoms with Crippen LogP contribution in [-0.4, -0.2) is 35.4 Å². The first-order valence-corrected chi connectivity index (χ1v) is 8.18. The Kier molecular flexibility index (Phi) is 6.22. The van der Waals surface area contributed by atoms with Crippen LogP contribution in [-0.2, 0) is 11.8 Å². The monoisotopic (exact) mass is 343 g/mol. The summed E-state index contributed by atoms with van der Waals surface area (Å²) in [7, 11) is 3.48. The van der Waals surface area contributed by atoms with Gasteiger partial charge in [0.1, 0.15) is 6.10 Å². The number of carbonyl (C=O) groups excluding carboxylic acids is 1. The summed E-state index contributed by atoms with van der Waals surface area (Å²) in [4.78, 5) is 12.0. The number of hydrogen-bond acceptors (Lipinski definition) is 4. The Labute approximate surface area is 148 Å². The molecule has 2 aromatic rings. The maximum atomic E-state index is 12.0. The summed E-state index contributed by atoms with van der Waals surface area (Å²) in [6, 6.07) is 7.43. The first-order valence-electron chi connectivity index (χ1n) is 8.18. The van der Waals surface area contributed by atoms with Crippen LogP contribution in [0.5, 0.6) is 11.5 Å². The number of nitrogens with one attached hydrogen (secondary N) is 1. The standard InChI is InChI=1S/C19H25N3O3/c1-13(25-18-9-7-6-8-17(18)24-5)12-20-19(23)11-10-16-14(2)21-22(4)15(16)3/h6-11,13H,12H2,1-5H3,(H,20,23)/b11-10+/t13-/m1/s1. The summed E-state index contributed by atoms with van der Waals surface area (Å²) >= 11 is 0. The highest BCUT2D eigenvalue weighted by molar-refractivity contribution is 5.92. The second kappa shape index (κ2) is 8.37. The summed E-state index contributed by atoms with van der Waals surface area (Å²) in [6.07, 6.45) is 3.13. The molecule has 6 heteroatoms. The van der Waals surface area contributed by atoms with Gasteiger partial charge in [-0.25, -0.2) is 0 Å². The molecule has 1 heterocycles. The first-order chi connectivity index (χ1) is 11.9. The van der Waals surface area contributed by atoms with Crippen LogP contribution in [0.15, 0.2) is 30.3 Å². The number of carbonyl (C=O) groups is 1. The fourth-order valence-electron chi connectivity index (χ4n) is 2.47. The lowest BCUT2D eigenvalue weighted by atomic mass is 10.2. The molecule has 0 radical (unpaired) electrons. The molecule has 1 aromatic carbocycles. The Morgan fingerprint density at radius 1 is 1.32 bits per heavy atom. The zero-order valence-corrected chi connectivity index (χ0v) is 15.4. The van der Waals surface area contributed by atoms with E-state index in [4.69, 9.17) is 9.47 Å². The number of benzene rings is 1. The molecule has 0 unspecified atom stereocenters. The van der Waals surface area contributed by atoms with E-state index < -0.39 is 0 Å². The normalized spacial score (nSPS) is 12.2. The van der Waals surface area contributed by atoms with Crippen molar-refractivity contribution >= 4 is 12.0 Å². The molecule has 0 saturated heterocycles. The summed E-state index contributed by atoms with van der Waals surface area (Å²) in [5, 5.41) is 7.17. The van der Waals surface area contributed by atoms with Crippen LogP contribution in [0.3, 0.4) is 0 Å². The van der Waals surface area contributed by atoms with Crippen LogP contribution in [0.1, 0.15) is 23.9 Å². The molecule has 0 aliphatic heterocycles. The molecule has 0 aliphatic rings.